The van der Waals surface area contributed by atoms with Crippen LogP contribution in [0.1, 0.15) is 25.0 Å². The molecule has 0 aromatic heterocycles. The maximum Gasteiger partial charge on any atom is 0.119 e. The molecule has 0 bridgehead atoms. The fourth-order valence-corrected chi connectivity index (χ4v) is 2.14. The lowest BCUT2D eigenvalue weighted by molar-refractivity contribution is 0.0768. The van der Waals surface area contributed by atoms with Crippen molar-refractivity contribution < 1.29 is 9.47 Å². The van der Waals surface area contributed by atoms with Gasteiger partial charge in [-0.05, 0) is 43.5 Å². The summed E-state index contributed by atoms with van der Waals surface area (Å²) in [6, 6.07) is 18.5. The van der Waals surface area contributed by atoms with E-state index < -0.39 is 0 Å². The highest BCUT2D eigenvalue weighted by atomic mass is 16.5. The molecule has 0 heterocycles. The zero-order valence-electron chi connectivity index (χ0n) is 12.2. The maximum absolute atomic E-state index is 5.77. The van der Waals surface area contributed by atoms with Crippen molar-refractivity contribution in [1.29, 1.82) is 0 Å². The SMILES string of the molecule is CCOC(C)Cc1ccc(OCc2ccccc2)cc1. The molecule has 1 atom stereocenters. The van der Waals surface area contributed by atoms with Crippen LogP contribution in [0.5, 0.6) is 5.75 Å². The summed E-state index contributed by atoms with van der Waals surface area (Å²) in [5.74, 6) is 0.904. The fraction of sp³-hybridized carbons (Fsp3) is 0.333. The molecule has 0 aliphatic rings. The summed E-state index contributed by atoms with van der Waals surface area (Å²) in [6.07, 6.45) is 1.20. The highest BCUT2D eigenvalue weighted by Gasteiger charge is 2.03. The Morgan fingerprint density at radius 3 is 2.25 bits per heavy atom. The molecule has 0 N–H and O–H groups in total. The van der Waals surface area contributed by atoms with E-state index >= 15 is 0 Å². The van der Waals surface area contributed by atoms with Crippen LogP contribution in [0.15, 0.2) is 54.6 Å². The average Bonchev–Trinajstić information content (AvgIpc) is 2.48. The van der Waals surface area contributed by atoms with Gasteiger partial charge in [-0.25, -0.2) is 0 Å². The van der Waals surface area contributed by atoms with E-state index in [0.29, 0.717) is 6.61 Å². The second-order valence-electron chi connectivity index (χ2n) is 4.89. The highest BCUT2D eigenvalue weighted by molar-refractivity contribution is 5.28. The Morgan fingerprint density at radius 2 is 1.60 bits per heavy atom. The third kappa shape index (κ3) is 4.71. The molecule has 0 saturated carbocycles. The van der Waals surface area contributed by atoms with Crippen LogP contribution >= 0.6 is 0 Å². The van der Waals surface area contributed by atoms with Crippen LogP contribution in [0, 0.1) is 0 Å². The van der Waals surface area contributed by atoms with Crippen LogP contribution in [0.25, 0.3) is 0 Å². The molecule has 2 rings (SSSR count). The molecule has 0 aliphatic heterocycles. The van der Waals surface area contributed by atoms with E-state index in [1.54, 1.807) is 0 Å². The molecule has 2 aromatic carbocycles. The minimum Gasteiger partial charge on any atom is -0.489 e. The van der Waals surface area contributed by atoms with Crippen LogP contribution in [0.2, 0.25) is 0 Å². The molecular formula is C18H22O2. The van der Waals surface area contributed by atoms with E-state index in [1.165, 1.54) is 11.1 Å². The van der Waals surface area contributed by atoms with Gasteiger partial charge in [0.05, 0.1) is 6.10 Å². The molecule has 0 amide bonds. The van der Waals surface area contributed by atoms with E-state index in [4.69, 9.17) is 9.47 Å². The standard InChI is InChI=1S/C18H22O2/c1-3-19-15(2)13-16-9-11-18(12-10-16)20-14-17-7-5-4-6-8-17/h4-12,15H,3,13-14H2,1-2H3. The van der Waals surface area contributed by atoms with Crippen LogP contribution in [0.4, 0.5) is 0 Å². The Balaban J connectivity index is 1.85. The molecule has 0 spiro atoms. The Kier molecular flexibility index (Phi) is 5.63. The van der Waals surface area contributed by atoms with Gasteiger partial charge in [0.1, 0.15) is 12.4 Å². The smallest absolute Gasteiger partial charge is 0.119 e. The molecule has 2 aromatic rings. The zero-order valence-corrected chi connectivity index (χ0v) is 12.2. The Labute approximate surface area is 121 Å². The van der Waals surface area contributed by atoms with E-state index in [-0.39, 0.29) is 6.10 Å². The molecular weight excluding hydrogens is 248 g/mol. The molecule has 0 fully saturated rings. The van der Waals surface area contributed by atoms with Gasteiger partial charge in [-0.15, -0.1) is 0 Å². The molecule has 2 heteroatoms. The summed E-state index contributed by atoms with van der Waals surface area (Å²) in [5, 5.41) is 0. The van der Waals surface area contributed by atoms with E-state index in [1.807, 2.05) is 37.3 Å². The van der Waals surface area contributed by atoms with Gasteiger partial charge >= 0.3 is 0 Å². The first kappa shape index (κ1) is 14.6. The van der Waals surface area contributed by atoms with Gasteiger partial charge in [-0.2, -0.15) is 0 Å². The van der Waals surface area contributed by atoms with Gasteiger partial charge in [0.2, 0.25) is 0 Å². The van der Waals surface area contributed by atoms with Crippen molar-refractivity contribution in [3.63, 3.8) is 0 Å². The lowest BCUT2D eigenvalue weighted by atomic mass is 10.1. The predicted octanol–water partition coefficient (Wildman–Crippen LogP) is 4.23. The van der Waals surface area contributed by atoms with Crippen molar-refractivity contribution in [2.24, 2.45) is 0 Å². The van der Waals surface area contributed by atoms with Gasteiger partial charge in [-0.1, -0.05) is 42.5 Å². The van der Waals surface area contributed by atoms with Gasteiger partial charge in [0.15, 0.2) is 0 Å². The van der Waals surface area contributed by atoms with Gasteiger partial charge in [0.25, 0.3) is 0 Å². The zero-order chi connectivity index (χ0) is 14.2. The molecule has 1 unspecified atom stereocenters. The van der Waals surface area contributed by atoms with E-state index in [0.717, 1.165) is 18.8 Å². The summed E-state index contributed by atoms with van der Waals surface area (Å²) in [6.45, 7) is 5.50. The van der Waals surface area contributed by atoms with Crippen LogP contribution in [-0.2, 0) is 17.8 Å². The van der Waals surface area contributed by atoms with Crippen molar-refractivity contribution in [2.75, 3.05) is 6.61 Å². The molecule has 20 heavy (non-hydrogen) atoms. The Bertz CT molecular complexity index is 491. The largest absolute Gasteiger partial charge is 0.489 e. The first-order valence-electron chi connectivity index (χ1n) is 7.15. The van der Waals surface area contributed by atoms with E-state index in [2.05, 4.69) is 31.2 Å². The molecule has 106 valence electrons. The lowest BCUT2D eigenvalue weighted by Crippen LogP contribution is -2.11. The van der Waals surface area contributed by atoms with Crippen molar-refractivity contribution in [3.05, 3.63) is 65.7 Å². The second-order valence-corrected chi connectivity index (χ2v) is 4.89. The Hall–Kier alpha value is -1.80. The number of benzene rings is 2. The molecule has 2 nitrogen and oxygen atoms in total. The third-order valence-electron chi connectivity index (χ3n) is 3.15. The quantitative estimate of drug-likeness (QED) is 0.749. The number of rotatable bonds is 7. The van der Waals surface area contributed by atoms with Crippen molar-refractivity contribution in [3.8, 4) is 5.75 Å². The normalized spacial score (nSPS) is 12.1. The van der Waals surface area contributed by atoms with Crippen molar-refractivity contribution >= 4 is 0 Å². The van der Waals surface area contributed by atoms with Crippen LogP contribution in [-0.4, -0.2) is 12.7 Å². The summed E-state index contributed by atoms with van der Waals surface area (Å²) < 4.78 is 11.3. The maximum atomic E-state index is 5.77. The average molecular weight is 270 g/mol. The summed E-state index contributed by atoms with van der Waals surface area (Å²) >= 11 is 0. The number of hydrogen-bond donors (Lipinski definition) is 0. The number of hydrogen-bond acceptors (Lipinski definition) is 2. The van der Waals surface area contributed by atoms with Crippen LogP contribution < -0.4 is 4.74 Å². The van der Waals surface area contributed by atoms with Gasteiger partial charge < -0.3 is 9.47 Å². The number of ether oxygens (including phenoxy) is 2. The minimum absolute atomic E-state index is 0.260. The topological polar surface area (TPSA) is 18.5 Å². The lowest BCUT2D eigenvalue weighted by Gasteiger charge is -2.12. The monoisotopic (exact) mass is 270 g/mol. The minimum atomic E-state index is 0.260. The van der Waals surface area contributed by atoms with Gasteiger partial charge in [-0.3, -0.25) is 0 Å². The van der Waals surface area contributed by atoms with Crippen molar-refractivity contribution in [2.45, 2.75) is 33.0 Å². The van der Waals surface area contributed by atoms with Crippen molar-refractivity contribution in [1.82, 2.24) is 0 Å². The Morgan fingerprint density at radius 1 is 0.900 bits per heavy atom. The highest BCUT2D eigenvalue weighted by Crippen LogP contribution is 2.15. The first-order valence-corrected chi connectivity index (χ1v) is 7.15. The van der Waals surface area contributed by atoms with Gasteiger partial charge in [0, 0.05) is 6.61 Å². The fourth-order valence-electron chi connectivity index (χ4n) is 2.14. The summed E-state index contributed by atoms with van der Waals surface area (Å²) in [7, 11) is 0. The first-order chi connectivity index (χ1) is 9.78. The second kappa shape index (κ2) is 7.71. The van der Waals surface area contributed by atoms with E-state index in [9.17, 15) is 0 Å². The summed E-state index contributed by atoms with van der Waals surface area (Å²) in [4.78, 5) is 0. The molecule has 0 radical (unpaired) electrons. The molecule has 0 aliphatic carbocycles. The predicted molar refractivity (Wildman–Crippen MR) is 82.0 cm³/mol. The molecule has 0 saturated heterocycles. The van der Waals surface area contributed by atoms with Crippen LogP contribution in [0.3, 0.4) is 0 Å². The summed E-state index contributed by atoms with van der Waals surface area (Å²) in [5.41, 5.74) is 2.46. The third-order valence-corrected chi connectivity index (χ3v) is 3.15.